The molecule has 0 bridgehead atoms. The fraction of sp³-hybridized carbons (Fsp3) is 0.632. The lowest BCUT2D eigenvalue weighted by Crippen LogP contribution is -2.43. The van der Waals surface area contributed by atoms with Crippen LogP contribution >= 0.6 is 24.0 Å². The summed E-state index contributed by atoms with van der Waals surface area (Å²) in [6, 6.07) is 10.9. The molecule has 2 aliphatic rings. The van der Waals surface area contributed by atoms with Crippen LogP contribution in [0, 0.1) is 0 Å². The minimum absolute atomic E-state index is 0. The van der Waals surface area contributed by atoms with E-state index in [1.165, 1.54) is 31.5 Å². The van der Waals surface area contributed by atoms with Crippen molar-refractivity contribution in [2.45, 2.75) is 32.1 Å². The third-order valence-corrected chi connectivity index (χ3v) is 5.20. The van der Waals surface area contributed by atoms with Crippen LogP contribution < -0.4 is 5.32 Å². The lowest BCUT2D eigenvalue weighted by molar-refractivity contribution is 0.187. The molecule has 2 saturated heterocycles. The quantitative estimate of drug-likeness (QED) is 0.432. The summed E-state index contributed by atoms with van der Waals surface area (Å²) in [6.45, 7) is 12.1. The zero-order chi connectivity index (χ0) is 16.1. The van der Waals surface area contributed by atoms with E-state index in [0.29, 0.717) is 0 Å². The van der Waals surface area contributed by atoms with Crippen molar-refractivity contribution in [1.29, 1.82) is 0 Å². The summed E-state index contributed by atoms with van der Waals surface area (Å²) in [7, 11) is 0. The van der Waals surface area contributed by atoms with Gasteiger partial charge in [-0.25, -0.2) is 0 Å². The standard InChI is InChI=1S/C19H30N4.HI/c1-3-20-18(21-11-15-22-12-7-13-22)23-14-10-19(2,16-23)17-8-5-4-6-9-17;/h4-6,8-9H,3,7,10-16H2,1-2H3,(H,20,21);1H. The van der Waals surface area contributed by atoms with E-state index in [9.17, 15) is 0 Å². The molecule has 0 radical (unpaired) electrons. The van der Waals surface area contributed by atoms with Crippen molar-refractivity contribution in [3.63, 3.8) is 0 Å². The van der Waals surface area contributed by atoms with Crippen molar-refractivity contribution in [2.24, 2.45) is 4.99 Å². The first-order valence-electron chi connectivity index (χ1n) is 9.02. The second kappa shape index (κ2) is 9.04. The van der Waals surface area contributed by atoms with Crippen molar-refractivity contribution >= 4 is 29.9 Å². The van der Waals surface area contributed by atoms with Gasteiger partial charge in [0.1, 0.15) is 0 Å². The lowest BCUT2D eigenvalue weighted by Gasteiger charge is -2.30. The molecule has 0 amide bonds. The van der Waals surface area contributed by atoms with Gasteiger partial charge in [-0.3, -0.25) is 4.99 Å². The smallest absolute Gasteiger partial charge is 0.193 e. The van der Waals surface area contributed by atoms with Crippen LogP contribution in [0.25, 0.3) is 0 Å². The molecule has 1 N–H and O–H groups in total. The molecule has 2 heterocycles. The minimum atomic E-state index is 0. The first-order chi connectivity index (χ1) is 11.2. The molecule has 2 fully saturated rings. The first-order valence-corrected chi connectivity index (χ1v) is 9.02. The Morgan fingerprint density at radius 1 is 1.21 bits per heavy atom. The number of nitrogens with one attached hydrogen (secondary N) is 1. The summed E-state index contributed by atoms with van der Waals surface area (Å²) in [4.78, 5) is 9.78. The molecule has 2 aliphatic heterocycles. The fourth-order valence-corrected chi connectivity index (χ4v) is 3.55. The van der Waals surface area contributed by atoms with Gasteiger partial charge in [-0.15, -0.1) is 24.0 Å². The number of aliphatic imine (C=N–C) groups is 1. The maximum atomic E-state index is 4.87. The Hall–Kier alpha value is -0.820. The van der Waals surface area contributed by atoms with Crippen molar-refractivity contribution < 1.29 is 0 Å². The molecule has 134 valence electrons. The monoisotopic (exact) mass is 442 g/mol. The SMILES string of the molecule is CCNC(=NCCN1CCC1)N1CCC(C)(c2ccccc2)C1.I. The van der Waals surface area contributed by atoms with Gasteiger partial charge in [-0.2, -0.15) is 0 Å². The van der Waals surface area contributed by atoms with Crippen molar-refractivity contribution in [3.05, 3.63) is 35.9 Å². The van der Waals surface area contributed by atoms with E-state index in [0.717, 1.165) is 38.7 Å². The predicted octanol–water partition coefficient (Wildman–Crippen LogP) is 2.94. The highest BCUT2D eigenvalue weighted by Crippen LogP contribution is 2.33. The number of hydrogen-bond donors (Lipinski definition) is 1. The molecular formula is C19H31IN4. The van der Waals surface area contributed by atoms with E-state index in [4.69, 9.17) is 4.99 Å². The summed E-state index contributed by atoms with van der Waals surface area (Å²) in [6.07, 6.45) is 2.54. The summed E-state index contributed by atoms with van der Waals surface area (Å²) in [5.41, 5.74) is 1.67. The Kier molecular flexibility index (Phi) is 7.34. The first kappa shape index (κ1) is 19.5. The number of hydrogen-bond acceptors (Lipinski definition) is 2. The maximum absolute atomic E-state index is 4.87. The van der Waals surface area contributed by atoms with E-state index >= 15 is 0 Å². The number of rotatable bonds is 5. The molecule has 0 spiro atoms. The summed E-state index contributed by atoms with van der Waals surface area (Å²) >= 11 is 0. The van der Waals surface area contributed by atoms with Gasteiger partial charge in [-0.05, 0) is 38.4 Å². The highest BCUT2D eigenvalue weighted by atomic mass is 127. The predicted molar refractivity (Wildman–Crippen MR) is 112 cm³/mol. The average molecular weight is 442 g/mol. The Bertz CT molecular complexity index is 529. The van der Waals surface area contributed by atoms with Crippen LogP contribution in [0.1, 0.15) is 32.3 Å². The van der Waals surface area contributed by atoms with Gasteiger partial charge in [0.25, 0.3) is 0 Å². The Morgan fingerprint density at radius 3 is 2.58 bits per heavy atom. The Labute approximate surface area is 163 Å². The van der Waals surface area contributed by atoms with Gasteiger partial charge < -0.3 is 15.1 Å². The molecular weight excluding hydrogens is 411 g/mol. The summed E-state index contributed by atoms with van der Waals surface area (Å²) in [5.74, 6) is 1.09. The van der Waals surface area contributed by atoms with Gasteiger partial charge >= 0.3 is 0 Å². The molecule has 1 aromatic carbocycles. The van der Waals surface area contributed by atoms with E-state index in [1.54, 1.807) is 0 Å². The maximum Gasteiger partial charge on any atom is 0.193 e. The third-order valence-electron chi connectivity index (χ3n) is 5.20. The number of guanidine groups is 1. The largest absolute Gasteiger partial charge is 0.357 e. The Morgan fingerprint density at radius 2 is 1.96 bits per heavy atom. The van der Waals surface area contributed by atoms with E-state index in [1.807, 2.05) is 0 Å². The Balaban J connectivity index is 0.00000208. The van der Waals surface area contributed by atoms with Crippen LogP contribution in [0.4, 0.5) is 0 Å². The van der Waals surface area contributed by atoms with Crippen LogP contribution in [0.5, 0.6) is 0 Å². The molecule has 1 atom stereocenters. The zero-order valence-corrected chi connectivity index (χ0v) is 17.3. The molecule has 0 saturated carbocycles. The van der Waals surface area contributed by atoms with Crippen LogP contribution in [0.2, 0.25) is 0 Å². The molecule has 1 unspecified atom stereocenters. The normalized spacial score (nSPS) is 24.4. The highest BCUT2D eigenvalue weighted by Gasteiger charge is 2.36. The average Bonchev–Trinajstić information content (AvgIpc) is 2.93. The minimum Gasteiger partial charge on any atom is -0.357 e. The van der Waals surface area contributed by atoms with Crippen molar-refractivity contribution in [1.82, 2.24) is 15.1 Å². The van der Waals surface area contributed by atoms with Gasteiger partial charge in [0.15, 0.2) is 5.96 Å². The van der Waals surface area contributed by atoms with Gasteiger partial charge in [0, 0.05) is 31.6 Å². The molecule has 1 aromatic rings. The van der Waals surface area contributed by atoms with E-state index < -0.39 is 0 Å². The molecule has 24 heavy (non-hydrogen) atoms. The summed E-state index contributed by atoms with van der Waals surface area (Å²) in [5, 5.41) is 3.48. The van der Waals surface area contributed by atoms with Crippen LogP contribution in [0.15, 0.2) is 35.3 Å². The summed E-state index contributed by atoms with van der Waals surface area (Å²) < 4.78 is 0. The van der Waals surface area contributed by atoms with Crippen LogP contribution in [0.3, 0.4) is 0 Å². The van der Waals surface area contributed by atoms with Crippen molar-refractivity contribution in [2.75, 3.05) is 45.8 Å². The van der Waals surface area contributed by atoms with E-state index in [-0.39, 0.29) is 29.4 Å². The lowest BCUT2D eigenvalue weighted by atomic mass is 9.82. The van der Waals surface area contributed by atoms with E-state index in [2.05, 4.69) is 59.3 Å². The fourth-order valence-electron chi connectivity index (χ4n) is 3.55. The number of nitrogens with zero attached hydrogens (tertiary/aromatic N) is 3. The molecule has 5 heteroatoms. The molecule has 0 aliphatic carbocycles. The number of halogens is 1. The number of likely N-dealkylation sites (tertiary alicyclic amines) is 2. The van der Waals surface area contributed by atoms with Crippen LogP contribution in [-0.2, 0) is 5.41 Å². The molecule has 0 aromatic heterocycles. The topological polar surface area (TPSA) is 30.9 Å². The third kappa shape index (κ3) is 4.63. The number of benzene rings is 1. The van der Waals surface area contributed by atoms with Gasteiger partial charge in [0.2, 0.25) is 0 Å². The molecule has 4 nitrogen and oxygen atoms in total. The second-order valence-corrected chi connectivity index (χ2v) is 7.03. The van der Waals surface area contributed by atoms with Gasteiger partial charge in [-0.1, -0.05) is 37.3 Å². The van der Waals surface area contributed by atoms with Crippen molar-refractivity contribution in [3.8, 4) is 0 Å². The molecule has 3 rings (SSSR count). The zero-order valence-electron chi connectivity index (χ0n) is 15.0. The van der Waals surface area contributed by atoms with Gasteiger partial charge in [0.05, 0.1) is 6.54 Å². The van der Waals surface area contributed by atoms with Crippen LogP contribution in [-0.4, -0.2) is 61.6 Å². The highest BCUT2D eigenvalue weighted by molar-refractivity contribution is 14.0. The second-order valence-electron chi connectivity index (χ2n) is 7.03.